The van der Waals surface area contributed by atoms with Gasteiger partial charge in [0.15, 0.2) is 0 Å². The van der Waals surface area contributed by atoms with Gasteiger partial charge in [-0.25, -0.2) is 0 Å². The number of hydrogen-bond acceptors (Lipinski definition) is 5. The molecule has 3 aromatic rings. The molecule has 2 aromatic carbocycles. The standard InChI is InChI=1S/C30H32N6O2/c1-19(2)12-13-30(22-6-4-3-5-7-22)28(38)36(29(31)34-30)26-11-10-20-8-9-21(16-23(20)26)27(37)35-17-24-25(18-35)33-15-14-32-24/h3-9,14-16,19,26H,10-13,17-18H2,1-2H3,(H2,31,34)/p+1/t26-,30-/m1/s1. The second-order valence-corrected chi connectivity index (χ2v) is 11.0. The van der Waals surface area contributed by atoms with Crippen LogP contribution in [0, 0.1) is 5.92 Å². The normalized spacial score (nSPS) is 22.1. The lowest BCUT2D eigenvalue weighted by Gasteiger charge is -2.26. The van der Waals surface area contributed by atoms with Gasteiger partial charge in [-0.3, -0.25) is 30.3 Å². The zero-order valence-corrected chi connectivity index (χ0v) is 21.9. The van der Waals surface area contributed by atoms with Crippen LogP contribution in [0.3, 0.4) is 0 Å². The molecular formula is C30H33N6O2+. The Balaban J connectivity index is 1.30. The quantitative estimate of drug-likeness (QED) is 0.530. The topological polar surface area (TPSA) is 106 Å². The van der Waals surface area contributed by atoms with Crippen LogP contribution in [0.15, 0.2) is 60.9 Å². The molecule has 3 heterocycles. The van der Waals surface area contributed by atoms with Gasteiger partial charge < -0.3 is 4.90 Å². The average molecular weight is 510 g/mol. The molecule has 3 aliphatic rings. The number of benzene rings is 2. The van der Waals surface area contributed by atoms with Crippen molar-refractivity contribution in [1.82, 2.24) is 19.8 Å². The van der Waals surface area contributed by atoms with Crippen LogP contribution in [0.25, 0.3) is 0 Å². The molecule has 0 bridgehead atoms. The van der Waals surface area contributed by atoms with E-state index in [1.54, 1.807) is 22.2 Å². The Morgan fingerprint density at radius 2 is 1.82 bits per heavy atom. The Morgan fingerprint density at radius 1 is 1.11 bits per heavy atom. The molecule has 0 fully saturated rings. The molecule has 38 heavy (non-hydrogen) atoms. The first-order valence-corrected chi connectivity index (χ1v) is 13.4. The van der Waals surface area contributed by atoms with Gasteiger partial charge in [0, 0.05) is 23.5 Å². The number of aromatic nitrogens is 2. The van der Waals surface area contributed by atoms with E-state index in [-0.39, 0.29) is 17.9 Å². The number of nitrogens with zero attached hydrogens (tertiary/aromatic N) is 4. The largest absolute Gasteiger partial charge is 0.352 e. The third kappa shape index (κ3) is 3.95. The predicted molar refractivity (Wildman–Crippen MR) is 142 cm³/mol. The van der Waals surface area contributed by atoms with Gasteiger partial charge in [0.25, 0.3) is 5.91 Å². The fourth-order valence-corrected chi connectivity index (χ4v) is 6.08. The van der Waals surface area contributed by atoms with Gasteiger partial charge >= 0.3 is 11.9 Å². The second kappa shape index (κ2) is 9.35. The maximum atomic E-state index is 14.3. The van der Waals surface area contributed by atoms with Crippen molar-refractivity contribution >= 4 is 17.8 Å². The minimum atomic E-state index is -0.896. The second-order valence-electron chi connectivity index (χ2n) is 11.0. The van der Waals surface area contributed by atoms with Gasteiger partial charge in [0.1, 0.15) is 6.04 Å². The van der Waals surface area contributed by atoms with Crippen molar-refractivity contribution in [2.24, 2.45) is 11.7 Å². The first-order chi connectivity index (χ1) is 18.4. The molecular weight excluding hydrogens is 476 g/mol. The summed E-state index contributed by atoms with van der Waals surface area (Å²) in [7, 11) is 0. The van der Waals surface area contributed by atoms with E-state index in [0.29, 0.717) is 37.0 Å². The molecule has 1 aromatic heterocycles. The van der Waals surface area contributed by atoms with Crippen molar-refractivity contribution in [2.45, 2.75) is 64.2 Å². The van der Waals surface area contributed by atoms with E-state index in [9.17, 15) is 9.59 Å². The van der Waals surface area contributed by atoms with Crippen molar-refractivity contribution in [3.8, 4) is 0 Å². The lowest BCUT2D eigenvalue weighted by molar-refractivity contribution is -0.540. The Labute approximate surface area is 222 Å². The fraction of sp³-hybridized carbons (Fsp3) is 0.367. The van der Waals surface area contributed by atoms with Crippen LogP contribution in [0.5, 0.6) is 0 Å². The summed E-state index contributed by atoms with van der Waals surface area (Å²) in [5.41, 5.74) is 11.1. The van der Waals surface area contributed by atoms with Crippen LogP contribution in [-0.2, 0) is 29.8 Å². The summed E-state index contributed by atoms with van der Waals surface area (Å²) in [5.74, 6) is 0.743. The number of aryl methyl sites for hydroxylation is 1. The zero-order chi connectivity index (χ0) is 26.4. The van der Waals surface area contributed by atoms with E-state index in [2.05, 4.69) is 28.8 Å². The van der Waals surface area contributed by atoms with Crippen LogP contribution in [0.2, 0.25) is 0 Å². The van der Waals surface area contributed by atoms with Crippen molar-refractivity contribution in [3.63, 3.8) is 0 Å². The molecule has 2 aliphatic heterocycles. The Kier molecular flexibility index (Phi) is 5.97. The molecule has 0 unspecified atom stereocenters. The third-order valence-electron chi connectivity index (χ3n) is 8.13. The SMILES string of the molecule is CC(C)CC[C@]1(c2ccccc2)[NH+]=C(N)N([C@@H]2CCc3ccc(C(=O)N4Cc5nccnc5C4)cc32)C1=O. The van der Waals surface area contributed by atoms with E-state index < -0.39 is 5.54 Å². The highest BCUT2D eigenvalue weighted by molar-refractivity contribution is 6.02. The van der Waals surface area contributed by atoms with Gasteiger partial charge in [-0.05, 0) is 54.9 Å². The fourth-order valence-electron chi connectivity index (χ4n) is 6.08. The number of guanidine groups is 1. The summed E-state index contributed by atoms with van der Waals surface area (Å²) in [6.07, 6.45) is 6.45. The Bertz CT molecular complexity index is 1410. The van der Waals surface area contributed by atoms with Crippen LogP contribution >= 0.6 is 0 Å². The number of amides is 2. The van der Waals surface area contributed by atoms with Crippen LogP contribution in [0.4, 0.5) is 0 Å². The molecule has 2 amide bonds. The number of nitrogens with two attached hydrogens (primary N) is 1. The summed E-state index contributed by atoms with van der Waals surface area (Å²) < 4.78 is 0. The van der Waals surface area contributed by atoms with Gasteiger partial charge in [-0.2, -0.15) is 4.90 Å². The zero-order valence-electron chi connectivity index (χ0n) is 21.9. The van der Waals surface area contributed by atoms with E-state index in [4.69, 9.17) is 5.73 Å². The van der Waals surface area contributed by atoms with Crippen molar-refractivity contribution in [2.75, 3.05) is 0 Å². The first kappa shape index (κ1) is 24.3. The molecule has 2 atom stereocenters. The van der Waals surface area contributed by atoms with E-state index in [1.165, 1.54) is 0 Å². The minimum absolute atomic E-state index is 0.0245. The smallest absolute Gasteiger partial charge is 0.327 e. The number of carbonyl (C=O) groups excluding carboxylic acids is 2. The molecule has 6 rings (SSSR count). The van der Waals surface area contributed by atoms with Crippen LogP contribution in [-0.4, -0.2) is 37.5 Å². The molecule has 3 N–H and O–H groups in total. The van der Waals surface area contributed by atoms with Gasteiger partial charge in [-0.15, -0.1) is 0 Å². The van der Waals surface area contributed by atoms with Crippen molar-refractivity contribution in [1.29, 1.82) is 0 Å². The highest BCUT2D eigenvalue weighted by Crippen LogP contribution is 2.40. The van der Waals surface area contributed by atoms with Crippen LogP contribution in [0.1, 0.15) is 77.6 Å². The third-order valence-corrected chi connectivity index (χ3v) is 8.13. The average Bonchev–Trinajstić information content (AvgIpc) is 3.61. The lowest BCUT2D eigenvalue weighted by atomic mass is 9.83. The molecule has 0 saturated carbocycles. The van der Waals surface area contributed by atoms with Gasteiger partial charge in [-0.1, -0.05) is 50.2 Å². The highest BCUT2D eigenvalue weighted by atomic mass is 16.2. The number of nitrogens with one attached hydrogen (secondary N) is 1. The number of carbonyl (C=O) groups is 2. The summed E-state index contributed by atoms with van der Waals surface area (Å²) >= 11 is 0. The lowest BCUT2D eigenvalue weighted by Crippen LogP contribution is -2.85. The Morgan fingerprint density at radius 3 is 2.50 bits per heavy atom. The summed E-state index contributed by atoms with van der Waals surface area (Å²) in [6, 6.07) is 15.5. The summed E-state index contributed by atoms with van der Waals surface area (Å²) in [5, 5.41) is 0. The highest BCUT2D eigenvalue weighted by Gasteiger charge is 2.56. The van der Waals surface area contributed by atoms with E-state index in [1.807, 2.05) is 48.5 Å². The van der Waals surface area contributed by atoms with E-state index >= 15 is 0 Å². The molecule has 1 aliphatic carbocycles. The number of fused-ring (bicyclic) bond motifs is 2. The molecule has 8 heteroatoms. The number of rotatable bonds is 6. The Hall–Kier alpha value is -4.07. The monoisotopic (exact) mass is 509 g/mol. The van der Waals surface area contributed by atoms with Crippen molar-refractivity contribution in [3.05, 3.63) is 94.6 Å². The molecule has 0 radical (unpaired) electrons. The molecule has 8 nitrogen and oxygen atoms in total. The molecule has 0 saturated heterocycles. The minimum Gasteiger partial charge on any atom is -0.327 e. The van der Waals surface area contributed by atoms with Crippen LogP contribution < -0.4 is 10.7 Å². The summed E-state index contributed by atoms with van der Waals surface area (Å²) in [6.45, 7) is 5.24. The van der Waals surface area contributed by atoms with Gasteiger partial charge in [0.2, 0.25) is 5.54 Å². The molecule has 0 spiro atoms. The molecule has 194 valence electrons. The number of hydrogen-bond donors (Lipinski definition) is 2. The maximum Gasteiger partial charge on any atom is 0.352 e. The first-order valence-electron chi connectivity index (χ1n) is 13.4. The van der Waals surface area contributed by atoms with Gasteiger partial charge in [0.05, 0.1) is 24.5 Å². The van der Waals surface area contributed by atoms with Crippen molar-refractivity contribution < 1.29 is 14.6 Å². The predicted octanol–water partition coefficient (Wildman–Crippen LogP) is 2.19. The summed E-state index contributed by atoms with van der Waals surface area (Å²) in [4.78, 5) is 43.4. The van der Waals surface area contributed by atoms with E-state index in [0.717, 1.165) is 47.3 Å². The maximum absolute atomic E-state index is 14.3.